The van der Waals surface area contributed by atoms with Crippen LogP contribution in [0.5, 0.6) is 23.0 Å². The van der Waals surface area contributed by atoms with Gasteiger partial charge in [-0.3, -0.25) is 9.36 Å². The van der Waals surface area contributed by atoms with Gasteiger partial charge in [0.2, 0.25) is 0 Å². The lowest BCUT2D eigenvalue weighted by molar-refractivity contribution is -0.143. The van der Waals surface area contributed by atoms with Crippen LogP contribution in [0.25, 0.3) is 6.08 Å². The molecule has 1 atom stereocenters. The number of rotatable bonds is 12. The van der Waals surface area contributed by atoms with Gasteiger partial charge in [-0.15, -0.1) is 0 Å². The van der Waals surface area contributed by atoms with E-state index in [-0.39, 0.29) is 24.3 Å². The first-order chi connectivity index (χ1) is 20.8. The number of hydrogen-bond donors (Lipinski definition) is 0. The zero-order valence-electron chi connectivity index (χ0n) is 24.9. The zero-order chi connectivity index (χ0) is 31.1. The quantitative estimate of drug-likeness (QED) is 0.285. The molecule has 0 N–H and O–H groups in total. The number of allylic oxidation sites excluding steroid dienone is 1. The number of fused-ring (bicyclic) bond motifs is 1. The van der Waals surface area contributed by atoms with Gasteiger partial charge >= 0.3 is 11.9 Å². The number of nitrogens with zero attached hydrogens (tertiary/aromatic N) is 2. The SMILES string of the molecule is CCOC(=O)C1=C(C)N=c2s/c(=C\c3ccc(OC)c(OCC)c3)c(=O)n2[C@H]1c1ccc(OCC(=O)OC)c(OCC)c1. The Morgan fingerprint density at radius 3 is 2.28 bits per heavy atom. The van der Waals surface area contributed by atoms with Crippen molar-refractivity contribution in [3.8, 4) is 23.0 Å². The molecule has 2 aromatic carbocycles. The molecule has 0 unspecified atom stereocenters. The van der Waals surface area contributed by atoms with Crippen LogP contribution in [0.4, 0.5) is 0 Å². The van der Waals surface area contributed by atoms with Crippen molar-refractivity contribution < 1.29 is 38.0 Å². The van der Waals surface area contributed by atoms with Crippen LogP contribution >= 0.6 is 11.3 Å². The minimum Gasteiger partial charge on any atom is -0.493 e. The van der Waals surface area contributed by atoms with Crippen LogP contribution < -0.4 is 33.8 Å². The van der Waals surface area contributed by atoms with E-state index in [2.05, 4.69) is 9.73 Å². The van der Waals surface area contributed by atoms with Gasteiger partial charge in [0.05, 0.1) is 55.9 Å². The summed E-state index contributed by atoms with van der Waals surface area (Å²) in [5.41, 5.74) is 1.64. The molecule has 4 rings (SSSR count). The lowest BCUT2D eigenvalue weighted by atomic mass is 9.95. The average molecular weight is 611 g/mol. The summed E-state index contributed by atoms with van der Waals surface area (Å²) < 4.78 is 34.5. The minimum atomic E-state index is -0.860. The third-order valence-corrected chi connectivity index (χ3v) is 7.44. The van der Waals surface area contributed by atoms with E-state index >= 15 is 0 Å². The summed E-state index contributed by atoms with van der Waals surface area (Å²) in [6, 6.07) is 9.58. The molecule has 43 heavy (non-hydrogen) atoms. The number of carbonyl (C=O) groups is 2. The Bertz CT molecular complexity index is 1720. The van der Waals surface area contributed by atoms with Gasteiger partial charge in [-0.1, -0.05) is 23.5 Å². The minimum absolute atomic E-state index is 0.150. The Kier molecular flexibility index (Phi) is 10.3. The summed E-state index contributed by atoms with van der Waals surface area (Å²) in [6.45, 7) is 7.72. The van der Waals surface area contributed by atoms with Gasteiger partial charge < -0.3 is 28.4 Å². The molecule has 11 nitrogen and oxygen atoms in total. The molecule has 228 valence electrons. The molecule has 0 saturated heterocycles. The Morgan fingerprint density at radius 1 is 0.930 bits per heavy atom. The van der Waals surface area contributed by atoms with Crippen LogP contribution in [0.2, 0.25) is 0 Å². The van der Waals surface area contributed by atoms with E-state index < -0.39 is 18.0 Å². The third kappa shape index (κ3) is 6.75. The van der Waals surface area contributed by atoms with Gasteiger partial charge in [0.15, 0.2) is 34.4 Å². The van der Waals surface area contributed by atoms with Crippen molar-refractivity contribution in [1.82, 2.24) is 4.57 Å². The molecule has 0 fully saturated rings. The van der Waals surface area contributed by atoms with Crippen molar-refractivity contribution in [3.63, 3.8) is 0 Å². The summed E-state index contributed by atoms with van der Waals surface area (Å²) >= 11 is 1.21. The van der Waals surface area contributed by atoms with Crippen LogP contribution in [0.1, 0.15) is 44.9 Å². The molecule has 1 aromatic heterocycles. The summed E-state index contributed by atoms with van der Waals surface area (Å²) in [6.07, 6.45) is 1.75. The van der Waals surface area contributed by atoms with E-state index in [4.69, 9.17) is 23.7 Å². The molecule has 3 aromatic rings. The van der Waals surface area contributed by atoms with Gasteiger partial charge in [-0.2, -0.15) is 0 Å². The summed E-state index contributed by atoms with van der Waals surface area (Å²) in [5, 5.41) is 0. The van der Waals surface area contributed by atoms with Crippen molar-refractivity contribution >= 4 is 29.4 Å². The standard InChI is InChI=1S/C31H34N2O9S/c1-7-39-23-14-19(10-12-21(23)37-5)15-25-29(35)33-28(27(30(36)41-9-3)18(4)32-31(33)43-25)20-11-13-22(24(16-20)40-8-2)42-17-26(34)38-6/h10-16,28H,7-9,17H2,1-6H3/b25-15-/t28-/m0/s1. The summed E-state index contributed by atoms with van der Waals surface area (Å²) in [4.78, 5) is 44.0. The average Bonchev–Trinajstić information content (AvgIpc) is 3.29. The Hall–Kier alpha value is -4.58. The maximum atomic E-state index is 14.0. The van der Waals surface area contributed by atoms with E-state index in [0.717, 1.165) is 5.56 Å². The second-order valence-corrected chi connectivity index (χ2v) is 10.2. The van der Waals surface area contributed by atoms with E-state index in [0.29, 0.717) is 56.8 Å². The summed E-state index contributed by atoms with van der Waals surface area (Å²) in [7, 11) is 2.83. The third-order valence-electron chi connectivity index (χ3n) is 6.46. The number of carbonyl (C=O) groups excluding carboxylic acids is 2. The number of methoxy groups -OCH3 is 2. The highest BCUT2D eigenvalue weighted by molar-refractivity contribution is 7.07. The fourth-order valence-electron chi connectivity index (χ4n) is 4.59. The van der Waals surface area contributed by atoms with Gasteiger partial charge in [-0.25, -0.2) is 14.6 Å². The highest BCUT2D eigenvalue weighted by Gasteiger charge is 2.34. The van der Waals surface area contributed by atoms with Gasteiger partial charge in [0.1, 0.15) is 0 Å². The lowest BCUT2D eigenvalue weighted by Gasteiger charge is -2.25. The predicted molar refractivity (Wildman–Crippen MR) is 160 cm³/mol. The van der Waals surface area contributed by atoms with Crippen LogP contribution in [-0.2, 0) is 19.1 Å². The molecule has 0 aliphatic carbocycles. The Balaban J connectivity index is 1.89. The lowest BCUT2D eigenvalue weighted by Crippen LogP contribution is -2.40. The van der Waals surface area contributed by atoms with E-state index in [1.54, 1.807) is 57.4 Å². The van der Waals surface area contributed by atoms with Crippen LogP contribution in [-0.4, -0.2) is 57.2 Å². The van der Waals surface area contributed by atoms with Crippen LogP contribution in [0.15, 0.2) is 57.5 Å². The molecule has 12 heteroatoms. The number of ether oxygens (including phenoxy) is 6. The molecular weight excluding hydrogens is 576 g/mol. The summed E-state index contributed by atoms with van der Waals surface area (Å²) in [5.74, 6) is 0.662. The maximum Gasteiger partial charge on any atom is 0.343 e. The molecular formula is C31H34N2O9S. The van der Waals surface area contributed by atoms with E-state index in [1.165, 1.54) is 23.0 Å². The number of benzene rings is 2. The number of thiazole rings is 1. The van der Waals surface area contributed by atoms with Crippen LogP contribution in [0.3, 0.4) is 0 Å². The normalized spacial score (nSPS) is 14.5. The molecule has 1 aliphatic heterocycles. The van der Waals surface area contributed by atoms with Crippen molar-refractivity contribution in [3.05, 3.63) is 78.5 Å². The topological polar surface area (TPSA) is 124 Å². The van der Waals surface area contributed by atoms with Gasteiger partial charge in [-0.05, 0) is 69.2 Å². The van der Waals surface area contributed by atoms with Crippen molar-refractivity contribution in [1.29, 1.82) is 0 Å². The molecule has 0 amide bonds. The van der Waals surface area contributed by atoms with Crippen molar-refractivity contribution in [2.45, 2.75) is 33.7 Å². The smallest absolute Gasteiger partial charge is 0.343 e. The highest BCUT2D eigenvalue weighted by Crippen LogP contribution is 2.36. The highest BCUT2D eigenvalue weighted by atomic mass is 32.1. The van der Waals surface area contributed by atoms with Crippen molar-refractivity contribution in [2.75, 3.05) is 40.6 Å². The molecule has 1 aliphatic rings. The largest absolute Gasteiger partial charge is 0.493 e. The number of aromatic nitrogens is 1. The first-order valence-corrected chi connectivity index (χ1v) is 14.5. The number of hydrogen-bond acceptors (Lipinski definition) is 11. The van der Waals surface area contributed by atoms with Crippen molar-refractivity contribution in [2.24, 2.45) is 4.99 Å². The van der Waals surface area contributed by atoms with Gasteiger partial charge in [0.25, 0.3) is 5.56 Å². The Labute approximate surface area is 252 Å². The fraction of sp³-hybridized carbons (Fsp3) is 0.355. The Morgan fingerprint density at radius 2 is 1.63 bits per heavy atom. The molecule has 0 spiro atoms. The second kappa shape index (κ2) is 14.1. The van der Waals surface area contributed by atoms with Gasteiger partial charge in [0, 0.05) is 0 Å². The van der Waals surface area contributed by atoms with Crippen LogP contribution in [0, 0.1) is 0 Å². The monoisotopic (exact) mass is 610 g/mol. The molecule has 0 radical (unpaired) electrons. The van der Waals surface area contributed by atoms with E-state index in [1.807, 2.05) is 19.9 Å². The molecule has 0 bridgehead atoms. The number of esters is 2. The molecule has 2 heterocycles. The van der Waals surface area contributed by atoms with E-state index in [9.17, 15) is 14.4 Å². The first kappa shape index (κ1) is 31.4. The first-order valence-electron chi connectivity index (χ1n) is 13.7. The predicted octanol–water partition coefficient (Wildman–Crippen LogP) is 3.16. The molecule has 0 saturated carbocycles. The maximum absolute atomic E-state index is 14.0. The fourth-order valence-corrected chi connectivity index (χ4v) is 5.63. The zero-order valence-corrected chi connectivity index (χ0v) is 25.7. The second-order valence-electron chi connectivity index (χ2n) is 9.15.